The highest BCUT2D eigenvalue weighted by atomic mass is 32.1. The Kier molecular flexibility index (Phi) is 3.70. The van der Waals surface area contributed by atoms with Gasteiger partial charge in [0.2, 0.25) is 0 Å². The Morgan fingerprint density at radius 2 is 2.35 bits per heavy atom. The normalized spacial score (nSPS) is 11.3. The number of thiazole rings is 1. The predicted molar refractivity (Wildman–Crippen MR) is 69.6 cm³/mol. The Morgan fingerprint density at radius 3 is 3.00 bits per heavy atom. The topological polar surface area (TPSA) is 55.7 Å². The lowest BCUT2D eigenvalue weighted by Gasteiger charge is -2.08. The van der Waals surface area contributed by atoms with Crippen LogP contribution in [0.1, 0.15) is 24.9 Å². The first kappa shape index (κ1) is 12.4. The van der Waals surface area contributed by atoms with Crippen molar-refractivity contribution >= 4 is 23.6 Å². The zero-order chi connectivity index (χ0) is 12.4. The van der Waals surface area contributed by atoms with E-state index < -0.39 is 0 Å². The number of ether oxygens (including phenoxy) is 1. The van der Waals surface area contributed by atoms with Gasteiger partial charge in [0.05, 0.1) is 6.61 Å². The van der Waals surface area contributed by atoms with Gasteiger partial charge < -0.3 is 4.74 Å². The van der Waals surface area contributed by atoms with Gasteiger partial charge in [0.25, 0.3) is 0 Å². The molecule has 92 valence electrons. The third kappa shape index (κ3) is 2.46. The Bertz CT molecular complexity index is 555. The molecule has 2 aromatic heterocycles. The molecule has 1 N–H and O–H groups in total. The molecule has 0 aromatic carbocycles. The molecule has 7 heteroatoms. The summed E-state index contributed by atoms with van der Waals surface area (Å²) in [5.41, 5.74) is 0.836. The average Bonchev–Trinajstić information content (AvgIpc) is 2.84. The van der Waals surface area contributed by atoms with Crippen molar-refractivity contribution in [1.82, 2.24) is 19.7 Å². The number of nitrogens with zero attached hydrogens (tertiary/aromatic N) is 3. The molecule has 0 amide bonds. The van der Waals surface area contributed by atoms with Gasteiger partial charge in [-0.1, -0.05) is 0 Å². The fourth-order valence-electron chi connectivity index (χ4n) is 1.57. The second-order valence-corrected chi connectivity index (χ2v) is 5.20. The summed E-state index contributed by atoms with van der Waals surface area (Å²) in [4.78, 5) is 4.47. The van der Waals surface area contributed by atoms with E-state index in [1.165, 1.54) is 0 Å². The van der Waals surface area contributed by atoms with Crippen molar-refractivity contribution in [3.8, 4) is 11.5 Å². The Morgan fingerprint density at radius 1 is 1.59 bits per heavy atom. The van der Waals surface area contributed by atoms with Gasteiger partial charge in [-0.2, -0.15) is 5.10 Å². The van der Waals surface area contributed by atoms with E-state index in [1.807, 2.05) is 9.95 Å². The van der Waals surface area contributed by atoms with Crippen LogP contribution in [-0.2, 0) is 11.3 Å². The first-order chi connectivity index (χ1) is 8.13. The van der Waals surface area contributed by atoms with Gasteiger partial charge in [-0.15, -0.1) is 11.3 Å². The first-order valence-corrected chi connectivity index (χ1v) is 6.53. The van der Waals surface area contributed by atoms with Gasteiger partial charge in [0.15, 0.2) is 10.6 Å². The van der Waals surface area contributed by atoms with Crippen LogP contribution in [0.15, 0.2) is 5.38 Å². The van der Waals surface area contributed by atoms with Gasteiger partial charge >= 0.3 is 0 Å². The lowest BCUT2D eigenvalue weighted by Crippen LogP contribution is -2.03. The lowest BCUT2D eigenvalue weighted by atomic mass is 10.3. The molecule has 17 heavy (non-hydrogen) atoms. The second-order valence-electron chi connectivity index (χ2n) is 3.88. The highest BCUT2D eigenvalue weighted by Crippen LogP contribution is 2.23. The molecule has 0 aliphatic rings. The summed E-state index contributed by atoms with van der Waals surface area (Å²) in [6.45, 7) is 4.66. The smallest absolute Gasteiger partial charge is 0.195 e. The van der Waals surface area contributed by atoms with Crippen LogP contribution < -0.4 is 0 Å². The molecule has 5 nitrogen and oxygen atoms in total. The molecule has 2 heterocycles. The Hall–Kier alpha value is -1.05. The number of nitrogens with one attached hydrogen (secondary N) is 1. The molecule has 0 saturated heterocycles. The van der Waals surface area contributed by atoms with Crippen molar-refractivity contribution < 1.29 is 4.74 Å². The number of hydrogen-bond acceptors (Lipinski definition) is 5. The first-order valence-electron chi connectivity index (χ1n) is 5.24. The summed E-state index contributed by atoms with van der Waals surface area (Å²) < 4.78 is 7.63. The third-order valence-electron chi connectivity index (χ3n) is 2.27. The van der Waals surface area contributed by atoms with Gasteiger partial charge in [0.1, 0.15) is 10.7 Å². The van der Waals surface area contributed by atoms with Crippen LogP contribution in [0, 0.1) is 4.77 Å². The fraction of sp³-hybridized carbons (Fsp3) is 0.500. The van der Waals surface area contributed by atoms with Crippen LogP contribution in [-0.4, -0.2) is 26.9 Å². The number of H-pyrrole nitrogens is 1. The van der Waals surface area contributed by atoms with Gasteiger partial charge in [0, 0.05) is 18.5 Å². The molecule has 2 aromatic rings. The maximum atomic E-state index is 5.20. The highest BCUT2D eigenvalue weighted by Gasteiger charge is 2.14. The van der Waals surface area contributed by atoms with Crippen LogP contribution in [0.3, 0.4) is 0 Å². The molecule has 0 aliphatic carbocycles. The van der Waals surface area contributed by atoms with Crippen LogP contribution in [0.25, 0.3) is 11.5 Å². The van der Waals surface area contributed by atoms with E-state index in [9.17, 15) is 0 Å². The van der Waals surface area contributed by atoms with E-state index >= 15 is 0 Å². The van der Waals surface area contributed by atoms with E-state index in [0.717, 1.165) is 16.5 Å². The van der Waals surface area contributed by atoms with E-state index in [4.69, 9.17) is 17.0 Å². The van der Waals surface area contributed by atoms with Crippen LogP contribution in [0.4, 0.5) is 0 Å². The highest BCUT2D eigenvalue weighted by molar-refractivity contribution is 7.71. The SMILES string of the molecule is COCc1nc(-c2n[nH]c(=S)n2C(C)C)cs1. The predicted octanol–water partition coefficient (Wildman–Crippen LogP) is 2.79. The summed E-state index contributed by atoms with van der Waals surface area (Å²) in [6, 6.07) is 0.254. The minimum Gasteiger partial charge on any atom is -0.378 e. The summed E-state index contributed by atoms with van der Waals surface area (Å²) in [5, 5.41) is 9.94. The van der Waals surface area contributed by atoms with E-state index in [-0.39, 0.29) is 6.04 Å². The zero-order valence-corrected chi connectivity index (χ0v) is 11.6. The monoisotopic (exact) mass is 270 g/mol. The number of aromatic amines is 1. The molecule has 0 saturated carbocycles. The quantitative estimate of drug-likeness (QED) is 0.868. The van der Waals surface area contributed by atoms with Crippen LogP contribution in [0.2, 0.25) is 0 Å². The third-order valence-corrected chi connectivity index (χ3v) is 3.38. The molecule has 0 bridgehead atoms. The Balaban J connectivity index is 2.42. The van der Waals surface area contributed by atoms with Crippen molar-refractivity contribution in [2.24, 2.45) is 0 Å². The van der Waals surface area contributed by atoms with Crippen molar-refractivity contribution in [1.29, 1.82) is 0 Å². The van der Waals surface area contributed by atoms with Crippen LogP contribution >= 0.6 is 23.6 Å². The second kappa shape index (κ2) is 5.07. The van der Waals surface area contributed by atoms with Gasteiger partial charge in [-0.25, -0.2) is 4.98 Å². The van der Waals surface area contributed by atoms with Crippen molar-refractivity contribution in [3.63, 3.8) is 0 Å². The zero-order valence-electron chi connectivity index (χ0n) is 9.93. The van der Waals surface area contributed by atoms with E-state index in [1.54, 1.807) is 18.4 Å². The summed E-state index contributed by atoms with van der Waals surface area (Å²) in [6.07, 6.45) is 0. The molecule has 0 unspecified atom stereocenters. The van der Waals surface area contributed by atoms with Gasteiger partial charge in [-0.3, -0.25) is 9.67 Å². The van der Waals surface area contributed by atoms with Crippen molar-refractivity contribution in [2.45, 2.75) is 26.5 Å². The molecule has 0 fully saturated rings. The van der Waals surface area contributed by atoms with E-state index in [2.05, 4.69) is 29.0 Å². The number of hydrogen-bond donors (Lipinski definition) is 1. The summed E-state index contributed by atoms with van der Waals surface area (Å²) in [7, 11) is 1.66. The maximum Gasteiger partial charge on any atom is 0.195 e. The molecular weight excluding hydrogens is 256 g/mol. The van der Waals surface area contributed by atoms with Crippen LogP contribution in [0.5, 0.6) is 0 Å². The van der Waals surface area contributed by atoms with Crippen molar-refractivity contribution in [3.05, 3.63) is 15.2 Å². The minimum atomic E-state index is 0.254. The van der Waals surface area contributed by atoms with E-state index in [0.29, 0.717) is 11.4 Å². The van der Waals surface area contributed by atoms with Crippen molar-refractivity contribution in [2.75, 3.05) is 7.11 Å². The van der Waals surface area contributed by atoms with Gasteiger partial charge in [-0.05, 0) is 26.1 Å². The summed E-state index contributed by atoms with van der Waals surface area (Å²) >= 11 is 6.76. The lowest BCUT2D eigenvalue weighted by molar-refractivity contribution is 0.184. The number of aromatic nitrogens is 4. The molecule has 0 radical (unpaired) electrons. The minimum absolute atomic E-state index is 0.254. The Labute approximate surface area is 108 Å². The standard InChI is InChI=1S/C10H14N4OS2/c1-6(2)14-9(12-13-10(14)16)7-5-17-8(11-7)4-15-3/h5-6H,4H2,1-3H3,(H,13,16). The molecular formula is C10H14N4OS2. The fourth-order valence-corrected chi connectivity index (χ4v) is 2.65. The molecule has 0 atom stereocenters. The maximum absolute atomic E-state index is 5.20. The molecule has 0 aliphatic heterocycles. The largest absolute Gasteiger partial charge is 0.378 e. The molecule has 0 spiro atoms. The summed E-state index contributed by atoms with van der Waals surface area (Å²) in [5.74, 6) is 0.781. The number of methoxy groups -OCH3 is 1. The average molecular weight is 270 g/mol. The number of rotatable bonds is 4. The molecule has 2 rings (SSSR count).